The molecule has 0 saturated carbocycles. The number of thiazole rings is 1. The number of aliphatic hydroxyl groups is 1. The highest BCUT2D eigenvalue weighted by atomic mass is 32.1. The third-order valence-electron chi connectivity index (χ3n) is 7.27. The van der Waals surface area contributed by atoms with Gasteiger partial charge in [0.1, 0.15) is 11.5 Å². The van der Waals surface area contributed by atoms with Crippen LogP contribution in [0.4, 0.5) is 10.8 Å². The Morgan fingerprint density at radius 2 is 1.76 bits per heavy atom. The molecule has 0 radical (unpaired) electrons. The third-order valence-corrected chi connectivity index (χ3v) is 8.29. The van der Waals surface area contributed by atoms with E-state index in [1.165, 1.54) is 16.2 Å². The molecule has 1 fully saturated rings. The Hall–Kier alpha value is -4.17. The lowest BCUT2D eigenvalue weighted by Crippen LogP contribution is -2.29. The van der Waals surface area contributed by atoms with Crippen molar-refractivity contribution in [2.75, 3.05) is 30.5 Å². The molecule has 1 aliphatic rings. The number of ketones is 1. The molecule has 1 atom stereocenters. The number of ether oxygens (including phenoxy) is 1. The monoisotopic (exact) mass is 569 g/mol. The van der Waals surface area contributed by atoms with Crippen molar-refractivity contribution in [1.82, 2.24) is 4.98 Å². The second-order valence-electron chi connectivity index (χ2n) is 11.5. The van der Waals surface area contributed by atoms with Gasteiger partial charge in [0, 0.05) is 30.9 Å². The summed E-state index contributed by atoms with van der Waals surface area (Å²) in [6.07, 6.45) is 0. The molecule has 41 heavy (non-hydrogen) atoms. The molecule has 212 valence electrons. The standard InChI is InChI=1S/C33H35N3O4S/c1-8-40-25-16-12-21(18-23(25)33(3,4)5)29(37)27-28(20-10-13-22(14-11-20)35(6)7)36(31(39)30(27)38)32-34-24-15-9-19(2)17-26(24)41-32/h9-18,28,37H,8H2,1-7H3/b29-27+. The Labute approximate surface area is 244 Å². The number of hydrogen-bond acceptors (Lipinski definition) is 7. The van der Waals surface area contributed by atoms with Crippen LogP contribution in [0.1, 0.15) is 56.0 Å². The van der Waals surface area contributed by atoms with Crippen molar-refractivity contribution in [2.24, 2.45) is 0 Å². The molecule has 0 bridgehead atoms. The first kappa shape index (κ1) is 28.4. The molecule has 0 aliphatic carbocycles. The van der Waals surface area contributed by atoms with E-state index in [1.54, 1.807) is 6.07 Å². The first-order valence-corrected chi connectivity index (χ1v) is 14.5. The van der Waals surface area contributed by atoms with E-state index in [2.05, 4.69) is 20.8 Å². The van der Waals surface area contributed by atoms with Crippen LogP contribution in [0.5, 0.6) is 5.75 Å². The number of benzene rings is 3. The van der Waals surface area contributed by atoms with Gasteiger partial charge < -0.3 is 14.7 Å². The normalized spacial score (nSPS) is 17.0. The average Bonchev–Trinajstić information content (AvgIpc) is 3.45. The predicted octanol–water partition coefficient (Wildman–Crippen LogP) is 6.99. The first-order valence-electron chi connectivity index (χ1n) is 13.6. The number of Topliss-reactive ketones (excluding diaryl/α,β-unsaturated/α-hetero) is 1. The van der Waals surface area contributed by atoms with Gasteiger partial charge in [-0.05, 0) is 72.9 Å². The van der Waals surface area contributed by atoms with E-state index in [0.29, 0.717) is 22.9 Å². The van der Waals surface area contributed by atoms with Gasteiger partial charge in [-0.25, -0.2) is 4.98 Å². The molecular weight excluding hydrogens is 534 g/mol. The predicted molar refractivity (Wildman–Crippen MR) is 166 cm³/mol. The van der Waals surface area contributed by atoms with Gasteiger partial charge in [-0.15, -0.1) is 0 Å². The lowest BCUT2D eigenvalue weighted by Gasteiger charge is -2.25. The summed E-state index contributed by atoms with van der Waals surface area (Å²) < 4.78 is 6.78. The minimum Gasteiger partial charge on any atom is -0.507 e. The van der Waals surface area contributed by atoms with Crippen LogP contribution in [0.3, 0.4) is 0 Å². The molecule has 4 aromatic rings. The van der Waals surface area contributed by atoms with Crippen molar-refractivity contribution >= 4 is 49.8 Å². The molecule has 1 N–H and O–H groups in total. The molecule has 2 heterocycles. The zero-order chi connectivity index (χ0) is 29.6. The van der Waals surface area contributed by atoms with Crippen molar-refractivity contribution in [3.63, 3.8) is 0 Å². The zero-order valence-corrected chi connectivity index (χ0v) is 25.3. The fraction of sp³-hybridized carbons (Fsp3) is 0.303. The maximum Gasteiger partial charge on any atom is 0.301 e. The largest absolute Gasteiger partial charge is 0.507 e. The summed E-state index contributed by atoms with van der Waals surface area (Å²) in [4.78, 5) is 35.5. The van der Waals surface area contributed by atoms with E-state index in [9.17, 15) is 14.7 Å². The Kier molecular flexibility index (Phi) is 7.38. The summed E-state index contributed by atoms with van der Waals surface area (Å²) in [5, 5.41) is 12.2. The smallest absolute Gasteiger partial charge is 0.301 e. The second kappa shape index (κ2) is 10.7. The number of aryl methyl sites for hydroxylation is 1. The van der Waals surface area contributed by atoms with Crippen LogP contribution in [0.25, 0.3) is 16.0 Å². The van der Waals surface area contributed by atoms with Crippen LogP contribution in [-0.4, -0.2) is 42.5 Å². The highest BCUT2D eigenvalue weighted by Crippen LogP contribution is 2.45. The number of fused-ring (bicyclic) bond motifs is 1. The number of rotatable bonds is 6. The maximum atomic E-state index is 13.7. The van der Waals surface area contributed by atoms with E-state index in [0.717, 1.165) is 32.8 Å². The molecular formula is C33H35N3O4S. The van der Waals surface area contributed by atoms with E-state index >= 15 is 0 Å². The highest BCUT2D eigenvalue weighted by molar-refractivity contribution is 7.22. The number of aliphatic hydroxyl groups excluding tert-OH is 1. The molecule has 3 aromatic carbocycles. The fourth-order valence-corrected chi connectivity index (χ4v) is 6.21. The van der Waals surface area contributed by atoms with Gasteiger partial charge in [0.15, 0.2) is 5.13 Å². The fourth-order valence-electron chi connectivity index (χ4n) is 5.12. The van der Waals surface area contributed by atoms with Crippen molar-refractivity contribution in [2.45, 2.75) is 46.1 Å². The maximum absolute atomic E-state index is 13.7. The lowest BCUT2D eigenvalue weighted by molar-refractivity contribution is -0.132. The van der Waals surface area contributed by atoms with Gasteiger partial charge >= 0.3 is 5.91 Å². The number of carbonyl (C=O) groups is 2. The van der Waals surface area contributed by atoms with Gasteiger partial charge in [-0.3, -0.25) is 14.5 Å². The Morgan fingerprint density at radius 1 is 1.05 bits per heavy atom. The highest BCUT2D eigenvalue weighted by Gasteiger charge is 2.48. The van der Waals surface area contributed by atoms with Crippen molar-refractivity contribution in [3.05, 3.63) is 88.5 Å². The van der Waals surface area contributed by atoms with Gasteiger partial charge in [0.05, 0.1) is 28.4 Å². The molecule has 7 nitrogen and oxygen atoms in total. The molecule has 1 aromatic heterocycles. The lowest BCUT2D eigenvalue weighted by atomic mass is 9.84. The van der Waals surface area contributed by atoms with E-state index in [1.807, 2.05) is 87.4 Å². The second-order valence-corrected chi connectivity index (χ2v) is 12.5. The summed E-state index contributed by atoms with van der Waals surface area (Å²) in [7, 11) is 3.89. The first-order chi connectivity index (χ1) is 19.4. The molecule has 8 heteroatoms. The molecule has 1 unspecified atom stereocenters. The van der Waals surface area contributed by atoms with Gasteiger partial charge in [-0.2, -0.15) is 0 Å². The summed E-state index contributed by atoms with van der Waals surface area (Å²) in [6.45, 7) is 10.6. The third kappa shape index (κ3) is 5.20. The van der Waals surface area contributed by atoms with Gasteiger partial charge in [0.25, 0.3) is 5.78 Å². The van der Waals surface area contributed by atoms with Crippen LogP contribution in [0.15, 0.2) is 66.2 Å². The summed E-state index contributed by atoms with van der Waals surface area (Å²) in [6, 6.07) is 18.1. The minimum absolute atomic E-state index is 0.0343. The Morgan fingerprint density at radius 3 is 2.39 bits per heavy atom. The SMILES string of the molecule is CCOc1ccc(/C(O)=C2\C(=O)C(=O)N(c3nc4ccc(C)cc4s3)C2c2ccc(N(C)C)cc2)cc1C(C)(C)C. The summed E-state index contributed by atoms with van der Waals surface area (Å²) in [5.74, 6) is -0.965. The van der Waals surface area contributed by atoms with E-state index < -0.39 is 17.7 Å². The number of nitrogens with zero attached hydrogens (tertiary/aromatic N) is 3. The molecule has 1 saturated heterocycles. The van der Waals surface area contributed by atoms with Crippen LogP contribution in [-0.2, 0) is 15.0 Å². The Bertz CT molecular complexity index is 1680. The van der Waals surface area contributed by atoms with Gasteiger partial charge in [0.2, 0.25) is 0 Å². The number of anilines is 2. The van der Waals surface area contributed by atoms with Crippen LogP contribution >= 0.6 is 11.3 Å². The molecule has 0 spiro atoms. The zero-order valence-electron chi connectivity index (χ0n) is 24.5. The van der Waals surface area contributed by atoms with Crippen LogP contribution < -0.4 is 14.5 Å². The van der Waals surface area contributed by atoms with Gasteiger partial charge in [-0.1, -0.05) is 50.3 Å². The number of aromatic nitrogens is 1. The Balaban J connectivity index is 1.72. The van der Waals surface area contributed by atoms with E-state index in [4.69, 9.17) is 9.72 Å². The molecule has 1 amide bonds. The average molecular weight is 570 g/mol. The molecule has 5 rings (SSSR count). The van der Waals surface area contributed by atoms with E-state index in [-0.39, 0.29) is 16.7 Å². The van der Waals surface area contributed by atoms with Crippen LogP contribution in [0, 0.1) is 6.92 Å². The minimum atomic E-state index is -0.850. The molecule has 1 aliphatic heterocycles. The van der Waals surface area contributed by atoms with Crippen molar-refractivity contribution < 1.29 is 19.4 Å². The van der Waals surface area contributed by atoms with Crippen molar-refractivity contribution in [1.29, 1.82) is 0 Å². The van der Waals surface area contributed by atoms with Crippen molar-refractivity contribution in [3.8, 4) is 5.75 Å². The topological polar surface area (TPSA) is 83.0 Å². The summed E-state index contributed by atoms with van der Waals surface area (Å²) in [5.41, 5.74) is 4.60. The number of hydrogen-bond donors (Lipinski definition) is 1. The van der Waals surface area contributed by atoms with Crippen LogP contribution in [0.2, 0.25) is 0 Å². The number of carbonyl (C=O) groups excluding carboxylic acids is 2. The summed E-state index contributed by atoms with van der Waals surface area (Å²) >= 11 is 1.36. The quantitative estimate of drug-likeness (QED) is 0.153. The number of amides is 1.